The highest BCUT2D eigenvalue weighted by molar-refractivity contribution is 5.18. The zero-order chi connectivity index (χ0) is 10.5. The van der Waals surface area contributed by atoms with E-state index in [0.717, 1.165) is 24.2 Å². The summed E-state index contributed by atoms with van der Waals surface area (Å²) in [5, 5.41) is 18.3. The molecule has 78 valence electrons. The molecule has 0 unspecified atom stereocenters. The van der Waals surface area contributed by atoms with Crippen LogP contribution in [0.1, 0.15) is 38.5 Å². The molecule has 3 aliphatic rings. The van der Waals surface area contributed by atoms with Crippen molar-refractivity contribution in [2.24, 2.45) is 29.1 Å². The van der Waals surface area contributed by atoms with Crippen LogP contribution in [0.4, 0.5) is 0 Å². The standard InChI is InChI=1S/C13H16N2/c14-5-4-13(8-15)7-9-6-12(13)11-3-1-2-10(9)11/h9-12H,1-4,6-7H2/t9-,10+,11-,12+,13-/m1/s1. The largest absolute Gasteiger partial charge is 0.198 e. The summed E-state index contributed by atoms with van der Waals surface area (Å²) in [7, 11) is 0. The molecule has 0 radical (unpaired) electrons. The third-order valence-electron chi connectivity index (χ3n) is 5.26. The van der Waals surface area contributed by atoms with Crippen LogP contribution >= 0.6 is 0 Å². The maximum atomic E-state index is 9.39. The van der Waals surface area contributed by atoms with Crippen molar-refractivity contribution >= 4 is 0 Å². The van der Waals surface area contributed by atoms with Crippen molar-refractivity contribution in [2.45, 2.75) is 38.5 Å². The van der Waals surface area contributed by atoms with E-state index in [0.29, 0.717) is 12.3 Å². The molecule has 2 nitrogen and oxygen atoms in total. The predicted octanol–water partition coefficient (Wildman–Crippen LogP) is 2.87. The molecule has 3 saturated carbocycles. The van der Waals surface area contributed by atoms with Gasteiger partial charge < -0.3 is 0 Å². The van der Waals surface area contributed by atoms with Crippen LogP contribution in [0.5, 0.6) is 0 Å². The highest BCUT2D eigenvalue weighted by Gasteiger charge is 2.61. The molecule has 0 aliphatic heterocycles. The average Bonchev–Trinajstić information content (AvgIpc) is 2.87. The van der Waals surface area contributed by atoms with Crippen LogP contribution in [-0.2, 0) is 0 Å². The van der Waals surface area contributed by atoms with Gasteiger partial charge in [-0.3, -0.25) is 0 Å². The number of hydrogen-bond acceptors (Lipinski definition) is 2. The minimum atomic E-state index is -0.259. The van der Waals surface area contributed by atoms with Crippen molar-refractivity contribution in [3.05, 3.63) is 0 Å². The first-order valence-electron chi connectivity index (χ1n) is 6.09. The molecule has 5 atom stereocenters. The minimum Gasteiger partial charge on any atom is -0.198 e. The zero-order valence-corrected chi connectivity index (χ0v) is 8.95. The first kappa shape index (κ1) is 9.22. The second-order valence-corrected chi connectivity index (χ2v) is 5.67. The fourth-order valence-electron chi connectivity index (χ4n) is 4.78. The van der Waals surface area contributed by atoms with E-state index in [1.54, 1.807) is 0 Å². The molecule has 0 aromatic rings. The van der Waals surface area contributed by atoms with E-state index < -0.39 is 0 Å². The zero-order valence-electron chi connectivity index (χ0n) is 8.95. The second kappa shape index (κ2) is 2.99. The van der Waals surface area contributed by atoms with Gasteiger partial charge in [-0.1, -0.05) is 6.42 Å². The van der Waals surface area contributed by atoms with Gasteiger partial charge in [0.15, 0.2) is 0 Å². The number of hydrogen-bond donors (Lipinski definition) is 0. The van der Waals surface area contributed by atoms with Gasteiger partial charge in [0, 0.05) is 0 Å². The average molecular weight is 200 g/mol. The quantitative estimate of drug-likeness (QED) is 0.653. The van der Waals surface area contributed by atoms with Crippen LogP contribution < -0.4 is 0 Å². The molecule has 0 N–H and O–H groups in total. The number of rotatable bonds is 1. The van der Waals surface area contributed by atoms with Gasteiger partial charge in [-0.25, -0.2) is 0 Å². The summed E-state index contributed by atoms with van der Waals surface area (Å²) >= 11 is 0. The van der Waals surface area contributed by atoms with Crippen LogP contribution in [0.2, 0.25) is 0 Å². The molecule has 0 aromatic carbocycles. The van der Waals surface area contributed by atoms with Gasteiger partial charge in [-0.05, 0) is 49.4 Å². The van der Waals surface area contributed by atoms with Crippen LogP contribution in [-0.4, -0.2) is 0 Å². The summed E-state index contributed by atoms with van der Waals surface area (Å²) < 4.78 is 0. The Bertz CT molecular complexity index is 362. The minimum absolute atomic E-state index is 0.259. The van der Waals surface area contributed by atoms with Gasteiger partial charge in [0.1, 0.15) is 0 Å². The Balaban J connectivity index is 1.92. The molecule has 3 aliphatic carbocycles. The van der Waals surface area contributed by atoms with Gasteiger partial charge in [-0.2, -0.15) is 10.5 Å². The third-order valence-corrected chi connectivity index (χ3v) is 5.26. The molecule has 2 heteroatoms. The Hall–Kier alpha value is -1.02. The Morgan fingerprint density at radius 2 is 2.00 bits per heavy atom. The lowest BCUT2D eigenvalue weighted by Crippen LogP contribution is -2.34. The lowest BCUT2D eigenvalue weighted by Gasteiger charge is -2.36. The van der Waals surface area contributed by atoms with E-state index in [1.165, 1.54) is 25.7 Å². The van der Waals surface area contributed by atoms with Gasteiger partial charge in [0.25, 0.3) is 0 Å². The maximum absolute atomic E-state index is 9.39. The highest BCUT2D eigenvalue weighted by atomic mass is 14.6. The van der Waals surface area contributed by atoms with Crippen molar-refractivity contribution in [3.63, 3.8) is 0 Å². The molecule has 3 fully saturated rings. The van der Waals surface area contributed by atoms with Crippen molar-refractivity contribution < 1.29 is 0 Å². The lowest BCUT2D eigenvalue weighted by atomic mass is 9.65. The van der Waals surface area contributed by atoms with Gasteiger partial charge in [-0.15, -0.1) is 0 Å². The molecule has 3 rings (SSSR count). The van der Waals surface area contributed by atoms with E-state index in [1.807, 2.05) is 0 Å². The molecule has 0 saturated heterocycles. The normalized spacial score (nSPS) is 51.1. The highest BCUT2D eigenvalue weighted by Crippen LogP contribution is 2.66. The smallest absolute Gasteiger partial charge is 0.0737 e. The van der Waals surface area contributed by atoms with E-state index in [4.69, 9.17) is 5.26 Å². The summed E-state index contributed by atoms with van der Waals surface area (Å²) in [6.07, 6.45) is 6.79. The molecule has 0 aromatic heterocycles. The van der Waals surface area contributed by atoms with Crippen LogP contribution in [0.15, 0.2) is 0 Å². The lowest BCUT2D eigenvalue weighted by molar-refractivity contribution is 0.137. The van der Waals surface area contributed by atoms with E-state index in [2.05, 4.69) is 12.1 Å². The number of nitrogens with zero attached hydrogens (tertiary/aromatic N) is 2. The number of nitriles is 2. The van der Waals surface area contributed by atoms with Crippen molar-refractivity contribution in [2.75, 3.05) is 0 Å². The van der Waals surface area contributed by atoms with Crippen molar-refractivity contribution in [1.82, 2.24) is 0 Å². The molecular formula is C13H16N2. The van der Waals surface area contributed by atoms with E-state index in [-0.39, 0.29) is 5.41 Å². The van der Waals surface area contributed by atoms with Crippen LogP contribution in [0, 0.1) is 51.7 Å². The second-order valence-electron chi connectivity index (χ2n) is 5.67. The maximum Gasteiger partial charge on any atom is 0.0737 e. The van der Waals surface area contributed by atoms with Gasteiger partial charge in [0.05, 0.1) is 24.0 Å². The summed E-state index contributed by atoms with van der Waals surface area (Å²) in [6.45, 7) is 0. The molecular weight excluding hydrogens is 184 g/mol. The molecule has 0 spiro atoms. The Kier molecular flexibility index (Phi) is 1.84. The Morgan fingerprint density at radius 1 is 1.20 bits per heavy atom. The Labute approximate surface area is 90.9 Å². The third kappa shape index (κ3) is 1.03. The fraction of sp³-hybridized carbons (Fsp3) is 0.846. The Morgan fingerprint density at radius 3 is 2.73 bits per heavy atom. The molecule has 15 heavy (non-hydrogen) atoms. The van der Waals surface area contributed by atoms with Crippen molar-refractivity contribution in [1.29, 1.82) is 10.5 Å². The summed E-state index contributed by atoms with van der Waals surface area (Å²) in [6, 6.07) is 4.74. The summed E-state index contributed by atoms with van der Waals surface area (Å²) in [5.74, 6) is 3.03. The molecule has 2 bridgehead atoms. The SMILES string of the molecule is N#CC[C@]1(C#N)C[C@H]2C[C@H]1[C@@H]1CCC[C@@H]21. The summed E-state index contributed by atoms with van der Waals surface area (Å²) in [4.78, 5) is 0. The monoisotopic (exact) mass is 200 g/mol. The molecule has 0 heterocycles. The van der Waals surface area contributed by atoms with Gasteiger partial charge >= 0.3 is 0 Å². The summed E-state index contributed by atoms with van der Waals surface area (Å²) in [5.41, 5.74) is -0.259. The van der Waals surface area contributed by atoms with E-state index >= 15 is 0 Å². The first-order valence-corrected chi connectivity index (χ1v) is 6.09. The van der Waals surface area contributed by atoms with Crippen molar-refractivity contribution in [3.8, 4) is 12.1 Å². The topological polar surface area (TPSA) is 47.6 Å². The van der Waals surface area contributed by atoms with Crippen LogP contribution in [0.3, 0.4) is 0 Å². The first-order chi connectivity index (χ1) is 7.30. The fourth-order valence-corrected chi connectivity index (χ4v) is 4.78. The predicted molar refractivity (Wildman–Crippen MR) is 55.3 cm³/mol. The molecule has 0 amide bonds. The number of fused-ring (bicyclic) bond motifs is 5. The van der Waals surface area contributed by atoms with Crippen LogP contribution in [0.25, 0.3) is 0 Å². The van der Waals surface area contributed by atoms with E-state index in [9.17, 15) is 5.26 Å². The van der Waals surface area contributed by atoms with Gasteiger partial charge in [0.2, 0.25) is 0 Å².